The van der Waals surface area contributed by atoms with Gasteiger partial charge in [-0.25, -0.2) is 9.59 Å². The number of urea groups is 1. The minimum Gasteiger partial charge on any atom is -0.478 e. The number of aliphatic hydroxyl groups excluding tert-OH is 2. The topological polar surface area (TPSA) is 177 Å². The number of carbonyl (C=O) groups excluding carboxylic acids is 1. The highest BCUT2D eigenvalue weighted by atomic mass is 16.4. The molecule has 4 aromatic rings. The molecule has 5 atom stereocenters. The van der Waals surface area contributed by atoms with Crippen molar-refractivity contribution in [3.63, 3.8) is 0 Å². The van der Waals surface area contributed by atoms with E-state index in [0.29, 0.717) is 28.8 Å². The Morgan fingerprint density at radius 1 is 0.870 bits per heavy atom. The van der Waals surface area contributed by atoms with Gasteiger partial charge in [0, 0.05) is 30.3 Å². The van der Waals surface area contributed by atoms with E-state index in [2.05, 4.69) is 0 Å². The fraction of sp³-hybridized carbons (Fsp3) is 0.250. The van der Waals surface area contributed by atoms with Crippen LogP contribution in [0, 0.1) is 5.41 Å². The number of carbonyl (C=O) groups is 2. The first-order valence-corrected chi connectivity index (χ1v) is 15.2. The summed E-state index contributed by atoms with van der Waals surface area (Å²) < 4.78 is 0. The van der Waals surface area contributed by atoms with Gasteiger partial charge in [0.25, 0.3) is 0 Å². The quantitative estimate of drug-likeness (QED) is 0.0933. The van der Waals surface area contributed by atoms with Crippen molar-refractivity contribution < 1.29 is 24.9 Å². The molecule has 1 spiro atoms. The highest BCUT2D eigenvalue weighted by molar-refractivity contribution is 6.00. The maximum Gasteiger partial charge on any atom is 0.335 e. The molecule has 2 aliphatic rings. The van der Waals surface area contributed by atoms with Gasteiger partial charge in [-0.2, -0.15) is 0 Å². The first kappa shape index (κ1) is 30.8. The number of hydrogen-bond donors (Lipinski definition) is 6. The van der Waals surface area contributed by atoms with Crippen LogP contribution in [0.5, 0.6) is 0 Å². The molecule has 0 radical (unpaired) electrons. The van der Waals surface area contributed by atoms with Gasteiger partial charge in [-0.05, 0) is 59.4 Å². The average Bonchev–Trinajstić information content (AvgIpc) is 3.82. The van der Waals surface area contributed by atoms with Gasteiger partial charge in [-0.3, -0.25) is 5.41 Å². The third-order valence-corrected chi connectivity index (χ3v) is 9.35. The molecule has 1 saturated heterocycles. The molecule has 46 heavy (non-hydrogen) atoms. The molecule has 0 aromatic heterocycles. The van der Waals surface area contributed by atoms with Crippen LogP contribution in [-0.2, 0) is 19.5 Å². The van der Waals surface area contributed by atoms with Crippen molar-refractivity contribution in [2.75, 3.05) is 5.73 Å². The molecule has 1 heterocycles. The molecule has 2 fully saturated rings. The van der Waals surface area contributed by atoms with Crippen molar-refractivity contribution in [1.82, 2.24) is 9.80 Å². The van der Waals surface area contributed by atoms with Crippen molar-refractivity contribution in [2.24, 2.45) is 5.73 Å². The Kier molecular flexibility index (Phi) is 8.24. The number of aromatic carboxylic acids is 1. The Balaban J connectivity index is 1.48. The van der Waals surface area contributed by atoms with Gasteiger partial charge in [-0.15, -0.1) is 0 Å². The van der Waals surface area contributed by atoms with Gasteiger partial charge in [0.2, 0.25) is 0 Å². The number of amidine groups is 1. The van der Waals surface area contributed by atoms with E-state index in [-0.39, 0.29) is 36.8 Å². The summed E-state index contributed by atoms with van der Waals surface area (Å²) in [5.41, 5.74) is 14.5. The van der Waals surface area contributed by atoms with Gasteiger partial charge < -0.3 is 36.6 Å². The second kappa shape index (κ2) is 12.3. The molecule has 10 nitrogen and oxygen atoms in total. The number of nitrogens with two attached hydrogens (primary N) is 2. The first-order valence-electron chi connectivity index (χ1n) is 15.2. The molecule has 1 aliphatic carbocycles. The molecule has 1 saturated carbocycles. The highest BCUT2D eigenvalue weighted by Crippen LogP contribution is 2.60. The number of aliphatic hydroxyl groups is 2. The SMILES string of the molecule is N=C(N)c1cc(CN2C(=O)N(Cc3cccc(C(=O)O)c3)[C@]3(CC3c3ccccc3)[C@H](O)[C@@H](O)[C@H]2Cc2ccccc2)ccc1N. The van der Waals surface area contributed by atoms with Gasteiger partial charge in [0.05, 0.1) is 17.1 Å². The summed E-state index contributed by atoms with van der Waals surface area (Å²) >= 11 is 0. The zero-order chi connectivity index (χ0) is 32.6. The summed E-state index contributed by atoms with van der Waals surface area (Å²) in [5.74, 6) is -1.56. The van der Waals surface area contributed by atoms with E-state index in [1.807, 2.05) is 60.7 Å². The largest absolute Gasteiger partial charge is 0.478 e. The Hall–Kier alpha value is -5.19. The summed E-state index contributed by atoms with van der Waals surface area (Å²) in [6, 6.07) is 29.3. The summed E-state index contributed by atoms with van der Waals surface area (Å²) in [4.78, 5) is 30.0. The normalized spacial score (nSPS) is 24.1. The predicted octanol–water partition coefficient (Wildman–Crippen LogP) is 3.95. The van der Waals surface area contributed by atoms with Crippen LogP contribution in [0.2, 0.25) is 0 Å². The second-order valence-corrected chi connectivity index (χ2v) is 12.2. The van der Waals surface area contributed by atoms with Crippen LogP contribution in [0.1, 0.15) is 50.5 Å². The Morgan fingerprint density at radius 3 is 2.20 bits per heavy atom. The smallest absolute Gasteiger partial charge is 0.335 e. The molecular weight excluding hydrogens is 582 g/mol. The van der Waals surface area contributed by atoms with Crippen LogP contribution in [0.3, 0.4) is 0 Å². The third kappa shape index (κ3) is 5.68. The maximum atomic E-state index is 15.0. The van der Waals surface area contributed by atoms with Crippen molar-refractivity contribution in [1.29, 1.82) is 5.41 Å². The summed E-state index contributed by atoms with van der Waals surface area (Å²) in [6.45, 7) is 0.0560. The number of amides is 2. The van der Waals surface area contributed by atoms with Crippen LogP contribution >= 0.6 is 0 Å². The maximum absolute atomic E-state index is 15.0. The van der Waals surface area contributed by atoms with Crippen LogP contribution in [0.15, 0.2) is 103 Å². The van der Waals surface area contributed by atoms with Crippen LogP contribution < -0.4 is 11.5 Å². The van der Waals surface area contributed by atoms with Crippen LogP contribution in [-0.4, -0.2) is 66.7 Å². The average molecular weight is 620 g/mol. The summed E-state index contributed by atoms with van der Waals surface area (Å²) in [7, 11) is 0. The van der Waals surface area contributed by atoms with E-state index < -0.39 is 35.8 Å². The van der Waals surface area contributed by atoms with Gasteiger partial charge in [0.15, 0.2) is 0 Å². The Labute approximate surface area is 267 Å². The molecular formula is C36H37N5O5. The first-order chi connectivity index (χ1) is 22.1. The third-order valence-electron chi connectivity index (χ3n) is 9.35. The summed E-state index contributed by atoms with van der Waals surface area (Å²) in [6.07, 6.45) is -1.95. The van der Waals surface area contributed by atoms with Gasteiger partial charge in [-0.1, -0.05) is 78.9 Å². The standard InChI is InChI=1S/C36H37N5O5/c37-29-15-14-24(17-27(29)33(38)39)20-40-30(18-22-8-3-1-4-9-22)31(42)32(43)36(19-28(36)25-11-5-2-6-12-25)41(35(40)46)21-23-10-7-13-26(16-23)34(44)45/h1-17,28,30-32,42-43H,18-21,37H2,(H3,38,39)(H,44,45)/t28?,30-,31+,32-,36+/m1/s1. The molecule has 2 amide bonds. The Bertz CT molecular complexity index is 1770. The minimum absolute atomic E-state index is 0.0159. The fourth-order valence-electron chi connectivity index (χ4n) is 6.91. The minimum atomic E-state index is -1.32. The molecule has 236 valence electrons. The molecule has 1 unspecified atom stereocenters. The summed E-state index contributed by atoms with van der Waals surface area (Å²) in [5, 5.41) is 41.8. The van der Waals surface area contributed by atoms with Crippen LogP contribution in [0.4, 0.5) is 10.5 Å². The van der Waals surface area contributed by atoms with E-state index in [9.17, 15) is 20.1 Å². The molecule has 1 aliphatic heterocycles. The highest BCUT2D eigenvalue weighted by Gasteiger charge is 2.68. The number of nitrogens with zero attached hydrogens (tertiary/aromatic N) is 2. The van der Waals surface area contributed by atoms with E-state index in [4.69, 9.17) is 16.9 Å². The molecule has 0 bridgehead atoms. The van der Waals surface area contributed by atoms with Gasteiger partial charge in [0.1, 0.15) is 18.0 Å². The monoisotopic (exact) mass is 619 g/mol. The van der Waals surface area contributed by atoms with E-state index in [1.165, 1.54) is 12.1 Å². The lowest BCUT2D eigenvalue weighted by atomic mass is 9.90. The zero-order valence-corrected chi connectivity index (χ0v) is 25.2. The number of carboxylic acid groups (broad SMARTS) is 1. The number of nitrogens with one attached hydrogen (secondary N) is 1. The lowest BCUT2D eigenvalue weighted by Crippen LogP contribution is -2.52. The predicted molar refractivity (Wildman–Crippen MR) is 174 cm³/mol. The number of nitrogen functional groups attached to an aromatic ring is 2. The van der Waals surface area contributed by atoms with Gasteiger partial charge >= 0.3 is 12.0 Å². The fourth-order valence-corrected chi connectivity index (χ4v) is 6.91. The van der Waals surface area contributed by atoms with Crippen LogP contribution in [0.25, 0.3) is 0 Å². The van der Waals surface area contributed by atoms with E-state index in [1.54, 1.807) is 40.1 Å². The van der Waals surface area contributed by atoms with Crippen molar-refractivity contribution >= 4 is 23.5 Å². The van der Waals surface area contributed by atoms with E-state index >= 15 is 4.79 Å². The van der Waals surface area contributed by atoms with Crippen molar-refractivity contribution in [2.45, 2.75) is 55.6 Å². The molecule has 4 aromatic carbocycles. The number of hydrogen-bond acceptors (Lipinski definition) is 6. The lowest BCUT2D eigenvalue weighted by molar-refractivity contribution is -0.0502. The second-order valence-electron chi connectivity index (χ2n) is 12.2. The zero-order valence-electron chi connectivity index (χ0n) is 25.2. The number of carboxylic acids is 1. The number of benzene rings is 4. The molecule has 10 heteroatoms. The number of rotatable bonds is 9. The van der Waals surface area contributed by atoms with Crippen molar-refractivity contribution in [3.05, 3.63) is 137 Å². The molecule has 6 rings (SSSR count). The van der Waals surface area contributed by atoms with E-state index in [0.717, 1.165) is 11.1 Å². The Morgan fingerprint density at radius 2 is 1.52 bits per heavy atom. The molecule has 8 N–H and O–H groups in total. The van der Waals surface area contributed by atoms with Crippen molar-refractivity contribution in [3.8, 4) is 0 Å². The lowest BCUT2D eigenvalue weighted by Gasteiger charge is -2.37. The number of anilines is 1.